The van der Waals surface area contributed by atoms with Crippen LogP contribution in [0.3, 0.4) is 0 Å². The van der Waals surface area contributed by atoms with Gasteiger partial charge in [-0.25, -0.2) is 0 Å². The first-order chi connectivity index (χ1) is 6.45. The molecule has 2 nitrogen and oxygen atoms in total. The Morgan fingerprint density at radius 2 is 2.00 bits per heavy atom. The molecule has 14 heavy (non-hydrogen) atoms. The zero-order chi connectivity index (χ0) is 11.0. The van der Waals surface area contributed by atoms with E-state index < -0.39 is 0 Å². The van der Waals surface area contributed by atoms with E-state index in [1.807, 2.05) is 0 Å². The van der Waals surface area contributed by atoms with E-state index in [2.05, 4.69) is 33.0 Å². The summed E-state index contributed by atoms with van der Waals surface area (Å²) in [6.07, 6.45) is 2.22. The van der Waals surface area contributed by atoms with Crippen LogP contribution in [0.15, 0.2) is 0 Å². The van der Waals surface area contributed by atoms with Crippen LogP contribution >= 0.6 is 11.6 Å². The smallest absolute Gasteiger partial charge is 0.0599 e. The standard InChI is InChI=1S/C11H24ClNO/c1-10(6-5-7-12)13-8-9-14-11(2,3)4/h10,13H,5-9H2,1-4H3. The van der Waals surface area contributed by atoms with E-state index in [1.54, 1.807) is 0 Å². The predicted molar refractivity (Wildman–Crippen MR) is 63.1 cm³/mol. The van der Waals surface area contributed by atoms with Gasteiger partial charge in [-0.15, -0.1) is 11.6 Å². The molecule has 0 saturated heterocycles. The normalized spacial score (nSPS) is 14.4. The summed E-state index contributed by atoms with van der Waals surface area (Å²) in [5.41, 5.74) is -0.0267. The summed E-state index contributed by atoms with van der Waals surface area (Å²) < 4.78 is 5.60. The molecule has 0 aromatic carbocycles. The first kappa shape index (κ1) is 14.2. The number of nitrogens with one attached hydrogen (secondary N) is 1. The molecule has 0 rings (SSSR count). The third-order valence-electron chi connectivity index (χ3n) is 1.90. The number of ether oxygens (including phenoxy) is 1. The number of halogens is 1. The highest BCUT2D eigenvalue weighted by molar-refractivity contribution is 6.17. The van der Waals surface area contributed by atoms with Crippen molar-refractivity contribution in [1.29, 1.82) is 0 Å². The maximum atomic E-state index is 5.61. The van der Waals surface area contributed by atoms with Crippen molar-refractivity contribution in [2.24, 2.45) is 0 Å². The fraction of sp³-hybridized carbons (Fsp3) is 1.00. The number of hydrogen-bond donors (Lipinski definition) is 1. The quantitative estimate of drug-likeness (QED) is 0.527. The lowest BCUT2D eigenvalue weighted by Gasteiger charge is -2.20. The van der Waals surface area contributed by atoms with E-state index >= 15 is 0 Å². The Balaban J connectivity index is 3.27. The summed E-state index contributed by atoms with van der Waals surface area (Å²) in [5, 5.41) is 3.41. The van der Waals surface area contributed by atoms with E-state index in [-0.39, 0.29) is 5.60 Å². The van der Waals surface area contributed by atoms with Crippen molar-refractivity contribution in [2.75, 3.05) is 19.0 Å². The van der Waals surface area contributed by atoms with E-state index in [0.717, 1.165) is 31.9 Å². The Hall–Kier alpha value is 0.210. The lowest BCUT2D eigenvalue weighted by Crippen LogP contribution is -2.32. The molecule has 1 unspecified atom stereocenters. The minimum absolute atomic E-state index is 0.0267. The van der Waals surface area contributed by atoms with Crippen LogP contribution in [0, 0.1) is 0 Å². The van der Waals surface area contributed by atoms with Gasteiger partial charge in [0, 0.05) is 18.5 Å². The van der Waals surface area contributed by atoms with Crippen LogP contribution in [0.5, 0.6) is 0 Å². The summed E-state index contributed by atoms with van der Waals surface area (Å²) >= 11 is 5.61. The van der Waals surface area contributed by atoms with Crippen LogP contribution in [0.4, 0.5) is 0 Å². The first-order valence-electron chi connectivity index (χ1n) is 5.39. The van der Waals surface area contributed by atoms with Crippen molar-refractivity contribution in [1.82, 2.24) is 5.32 Å². The monoisotopic (exact) mass is 221 g/mol. The van der Waals surface area contributed by atoms with Gasteiger partial charge in [-0.3, -0.25) is 0 Å². The second-order valence-electron chi connectivity index (χ2n) is 4.65. The summed E-state index contributed by atoms with van der Waals surface area (Å²) in [5.74, 6) is 0.754. The van der Waals surface area contributed by atoms with Crippen molar-refractivity contribution in [2.45, 2.75) is 52.2 Å². The van der Waals surface area contributed by atoms with E-state index in [4.69, 9.17) is 16.3 Å². The zero-order valence-electron chi connectivity index (χ0n) is 9.90. The minimum Gasteiger partial charge on any atom is -0.375 e. The maximum Gasteiger partial charge on any atom is 0.0599 e. The van der Waals surface area contributed by atoms with Gasteiger partial charge in [0.15, 0.2) is 0 Å². The molecule has 0 aromatic heterocycles. The van der Waals surface area contributed by atoms with Crippen molar-refractivity contribution in [3.63, 3.8) is 0 Å². The maximum absolute atomic E-state index is 5.61. The topological polar surface area (TPSA) is 21.3 Å². The average Bonchev–Trinajstić information content (AvgIpc) is 2.07. The fourth-order valence-corrected chi connectivity index (χ4v) is 1.30. The Morgan fingerprint density at radius 1 is 1.36 bits per heavy atom. The van der Waals surface area contributed by atoms with Gasteiger partial charge in [0.1, 0.15) is 0 Å². The molecule has 1 atom stereocenters. The molecule has 0 heterocycles. The highest BCUT2D eigenvalue weighted by atomic mass is 35.5. The predicted octanol–water partition coefficient (Wildman–Crippen LogP) is 2.80. The van der Waals surface area contributed by atoms with E-state index in [0.29, 0.717) is 6.04 Å². The van der Waals surface area contributed by atoms with Gasteiger partial charge >= 0.3 is 0 Å². The van der Waals surface area contributed by atoms with Crippen LogP contribution in [-0.4, -0.2) is 30.7 Å². The Bertz CT molecular complexity index is 134. The largest absolute Gasteiger partial charge is 0.375 e. The van der Waals surface area contributed by atoms with Crippen molar-refractivity contribution in [3.8, 4) is 0 Å². The van der Waals surface area contributed by atoms with Gasteiger partial charge in [-0.2, -0.15) is 0 Å². The molecular formula is C11H24ClNO. The number of alkyl halides is 1. The van der Waals surface area contributed by atoms with Gasteiger partial charge in [0.05, 0.1) is 12.2 Å². The molecule has 0 amide bonds. The molecule has 0 spiro atoms. The van der Waals surface area contributed by atoms with Gasteiger partial charge in [0.2, 0.25) is 0 Å². The molecule has 0 bridgehead atoms. The van der Waals surface area contributed by atoms with Crippen LogP contribution < -0.4 is 5.32 Å². The van der Waals surface area contributed by atoms with E-state index in [9.17, 15) is 0 Å². The minimum atomic E-state index is -0.0267. The molecule has 0 fully saturated rings. The summed E-state index contributed by atoms with van der Waals surface area (Å²) in [6, 6.07) is 0.539. The summed E-state index contributed by atoms with van der Waals surface area (Å²) in [6.45, 7) is 10.1. The Labute approximate surface area is 93.4 Å². The van der Waals surface area contributed by atoms with Gasteiger partial charge in [-0.1, -0.05) is 0 Å². The lowest BCUT2D eigenvalue weighted by atomic mass is 10.2. The summed E-state index contributed by atoms with van der Waals surface area (Å²) in [4.78, 5) is 0. The Morgan fingerprint density at radius 3 is 2.50 bits per heavy atom. The second kappa shape index (κ2) is 7.49. The molecule has 3 heteroatoms. The molecule has 1 N–H and O–H groups in total. The molecule has 0 aliphatic carbocycles. The lowest BCUT2D eigenvalue weighted by molar-refractivity contribution is -0.00154. The summed E-state index contributed by atoms with van der Waals surface area (Å²) in [7, 11) is 0. The zero-order valence-corrected chi connectivity index (χ0v) is 10.7. The number of rotatable bonds is 7. The molecule has 0 radical (unpaired) electrons. The van der Waals surface area contributed by atoms with Crippen molar-refractivity contribution < 1.29 is 4.74 Å². The molecule has 86 valence electrons. The van der Waals surface area contributed by atoms with Gasteiger partial charge < -0.3 is 10.1 Å². The van der Waals surface area contributed by atoms with Crippen molar-refractivity contribution in [3.05, 3.63) is 0 Å². The highest BCUT2D eigenvalue weighted by Gasteiger charge is 2.09. The molecule has 0 aliphatic rings. The van der Waals surface area contributed by atoms with Gasteiger partial charge in [-0.05, 0) is 40.5 Å². The molecule has 0 saturated carbocycles. The third kappa shape index (κ3) is 10.3. The number of hydrogen-bond acceptors (Lipinski definition) is 2. The van der Waals surface area contributed by atoms with E-state index in [1.165, 1.54) is 0 Å². The average molecular weight is 222 g/mol. The molecule has 0 aliphatic heterocycles. The van der Waals surface area contributed by atoms with Crippen LogP contribution in [0.25, 0.3) is 0 Å². The third-order valence-corrected chi connectivity index (χ3v) is 2.17. The SMILES string of the molecule is CC(CCCCl)NCCOC(C)(C)C. The van der Waals surface area contributed by atoms with Crippen LogP contribution in [-0.2, 0) is 4.74 Å². The Kier molecular flexibility index (Phi) is 7.61. The van der Waals surface area contributed by atoms with Gasteiger partial charge in [0.25, 0.3) is 0 Å². The highest BCUT2D eigenvalue weighted by Crippen LogP contribution is 2.05. The van der Waals surface area contributed by atoms with Crippen LogP contribution in [0.2, 0.25) is 0 Å². The first-order valence-corrected chi connectivity index (χ1v) is 5.92. The van der Waals surface area contributed by atoms with Crippen LogP contribution in [0.1, 0.15) is 40.5 Å². The molecule has 0 aromatic rings. The van der Waals surface area contributed by atoms with Crippen molar-refractivity contribution >= 4 is 11.6 Å². The fourth-order valence-electron chi connectivity index (χ4n) is 1.15. The second-order valence-corrected chi connectivity index (χ2v) is 5.03. The molecular weight excluding hydrogens is 198 g/mol.